The van der Waals surface area contributed by atoms with Crippen molar-refractivity contribution in [3.63, 3.8) is 0 Å². The van der Waals surface area contributed by atoms with E-state index >= 15 is 0 Å². The Morgan fingerprint density at radius 3 is 1.20 bits per heavy atom. The predicted molar refractivity (Wildman–Crippen MR) is 326 cm³/mol. The van der Waals surface area contributed by atoms with Gasteiger partial charge in [-0.1, -0.05) is 179 Å². The van der Waals surface area contributed by atoms with Gasteiger partial charge in [-0.05, 0) is 95.2 Å². The topological polar surface area (TPSA) is 180 Å². The summed E-state index contributed by atoms with van der Waals surface area (Å²) in [6.07, 6.45) is 5.67. The molecule has 15 nitrogen and oxygen atoms in total. The first kappa shape index (κ1) is 56.4. The number of H-pyrrole nitrogens is 2. The fraction of sp³-hybridized carbons (Fsp3) is 0.275. The van der Waals surface area contributed by atoms with Crippen molar-refractivity contribution in [1.82, 2.24) is 44.9 Å². The smallest absolute Gasteiger partial charge is 0.407 e. The molecule has 428 valence electrons. The summed E-state index contributed by atoms with van der Waals surface area (Å²) in [4.78, 5) is 72.8. The number of hydrogen-bond donors (Lipinski definition) is 4. The molecule has 4 atom stereocenters. The van der Waals surface area contributed by atoms with Crippen LogP contribution in [0.15, 0.2) is 188 Å². The van der Waals surface area contributed by atoms with Crippen LogP contribution in [0.3, 0.4) is 0 Å². The van der Waals surface area contributed by atoms with Crippen LogP contribution in [-0.4, -0.2) is 97.7 Å². The summed E-state index contributed by atoms with van der Waals surface area (Å²) in [5, 5.41) is 5.48. The number of nitrogens with zero attached hydrogens (tertiary/aromatic N) is 5. The number of benzene rings is 6. The molecule has 0 radical (unpaired) electrons. The number of likely N-dealkylation sites (tertiary alicyclic amines) is 2. The molecule has 0 aliphatic carbocycles. The fourth-order valence-corrected chi connectivity index (χ4v) is 12.4. The second-order valence-corrected chi connectivity index (χ2v) is 22.4. The Hall–Kier alpha value is -9.50. The highest BCUT2D eigenvalue weighted by molar-refractivity contribution is 5.87. The summed E-state index contributed by atoms with van der Waals surface area (Å²) in [5.74, 6) is 0.823. The number of carbonyl (C=O) groups excluding carboxylic acids is 4. The maximum atomic E-state index is 13.9. The van der Waals surface area contributed by atoms with Crippen molar-refractivity contribution in [2.45, 2.75) is 83.0 Å². The summed E-state index contributed by atoms with van der Waals surface area (Å²) < 4.78 is 12.0. The monoisotopic (exact) mass is 1120 g/mol. The van der Waals surface area contributed by atoms with Crippen LogP contribution < -0.4 is 10.6 Å². The van der Waals surface area contributed by atoms with E-state index in [0.29, 0.717) is 24.7 Å². The van der Waals surface area contributed by atoms with Gasteiger partial charge in [0.25, 0.3) is 0 Å². The molecule has 2 aliphatic rings. The SMILES string of the molecule is COC(=O)N[C@H](C(=O)N1CCC[C@H]1c1nc(-c2ccc(-c3ccc(-c4ccc(-c5c[nH]c([C@@H]6CCCN6C(=O)[C@@H](NC(=O)OC)C(C)C)n5)cc4)n3-c3ccc(C(c4ccccc4)(c4ccccc4)c4ccccc4)cc3)cc2)c[nH]1)C(C)C. The number of aromatic amines is 2. The van der Waals surface area contributed by atoms with Crippen molar-refractivity contribution in [2.24, 2.45) is 11.8 Å². The van der Waals surface area contributed by atoms with E-state index in [1.807, 2.05) is 49.9 Å². The molecule has 5 heterocycles. The Kier molecular flexibility index (Phi) is 16.5. The molecule has 2 fully saturated rings. The highest BCUT2D eigenvalue weighted by Gasteiger charge is 2.41. The van der Waals surface area contributed by atoms with Crippen LogP contribution in [0.25, 0.3) is 50.7 Å². The molecule has 4 N–H and O–H groups in total. The van der Waals surface area contributed by atoms with Gasteiger partial charge in [-0.3, -0.25) is 9.59 Å². The molecular formula is C69H71N9O6. The Balaban J connectivity index is 0.934. The largest absolute Gasteiger partial charge is 0.453 e. The normalized spacial score (nSPS) is 16.0. The van der Waals surface area contributed by atoms with E-state index < -0.39 is 29.7 Å². The van der Waals surface area contributed by atoms with Crippen molar-refractivity contribution < 1.29 is 28.7 Å². The maximum Gasteiger partial charge on any atom is 0.407 e. The van der Waals surface area contributed by atoms with Gasteiger partial charge in [0.2, 0.25) is 11.8 Å². The van der Waals surface area contributed by atoms with Crippen LogP contribution in [0.2, 0.25) is 0 Å². The fourth-order valence-electron chi connectivity index (χ4n) is 12.4. The van der Waals surface area contributed by atoms with Crippen LogP contribution >= 0.6 is 0 Å². The first-order chi connectivity index (χ1) is 40.9. The van der Waals surface area contributed by atoms with E-state index in [4.69, 9.17) is 19.4 Å². The second kappa shape index (κ2) is 24.5. The summed E-state index contributed by atoms with van der Waals surface area (Å²) in [6, 6.07) is 60.4. The average molecular weight is 1120 g/mol. The van der Waals surface area contributed by atoms with Gasteiger partial charge >= 0.3 is 12.2 Å². The van der Waals surface area contributed by atoms with Crippen LogP contribution in [0.4, 0.5) is 9.59 Å². The van der Waals surface area contributed by atoms with Gasteiger partial charge < -0.3 is 44.4 Å². The molecule has 11 rings (SSSR count). The number of carbonyl (C=O) groups is 4. The van der Waals surface area contributed by atoms with Crippen LogP contribution in [0, 0.1) is 11.8 Å². The van der Waals surface area contributed by atoms with Gasteiger partial charge in [-0.15, -0.1) is 0 Å². The molecule has 15 heteroatoms. The number of alkyl carbamates (subject to hydrolysis) is 2. The van der Waals surface area contributed by atoms with E-state index in [1.165, 1.54) is 14.2 Å². The van der Waals surface area contributed by atoms with Crippen molar-refractivity contribution in [3.05, 3.63) is 222 Å². The highest BCUT2D eigenvalue weighted by Crippen LogP contribution is 2.46. The number of aromatic nitrogens is 5. The molecule has 6 aromatic carbocycles. The highest BCUT2D eigenvalue weighted by atomic mass is 16.5. The first-order valence-corrected chi connectivity index (χ1v) is 29.0. The molecule has 0 bridgehead atoms. The van der Waals surface area contributed by atoms with Gasteiger partial charge in [0.15, 0.2) is 0 Å². The lowest BCUT2D eigenvalue weighted by molar-refractivity contribution is -0.136. The maximum absolute atomic E-state index is 13.9. The molecule has 0 saturated carbocycles. The van der Waals surface area contributed by atoms with E-state index in [2.05, 4.69) is 201 Å². The third-order valence-electron chi connectivity index (χ3n) is 16.7. The Labute approximate surface area is 490 Å². The van der Waals surface area contributed by atoms with Crippen LogP contribution in [-0.2, 0) is 24.5 Å². The summed E-state index contributed by atoms with van der Waals surface area (Å²) in [5.41, 5.74) is 12.3. The first-order valence-electron chi connectivity index (χ1n) is 29.0. The van der Waals surface area contributed by atoms with Gasteiger partial charge in [-0.25, -0.2) is 19.6 Å². The Bertz CT molecular complexity index is 3470. The number of hydrogen-bond acceptors (Lipinski definition) is 8. The molecular weight excluding hydrogens is 1050 g/mol. The van der Waals surface area contributed by atoms with Gasteiger partial charge in [0, 0.05) is 42.3 Å². The third-order valence-corrected chi connectivity index (χ3v) is 16.7. The van der Waals surface area contributed by atoms with Crippen LogP contribution in [0.5, 0.6) is 0 Å². The van der Waals surface area contributed by atoms with Crippen molar-refractivity contribution >= 4 is 24.0 Å². The predicted octanol–water partition coefficient (Wildman–Crippen LogP) is 13.1. The van der Waals surface area contributed by atoms with E-state index in [1.54, 1.807) is 0 Å². The minimum absolute atomic E-state index is 0.138. The van der Waals surface area contributed by atoms with Crippen molar-refractivity contribution in [3.8, 4) is 50.7 Å². The van der Waals surface area contributed by atoms with E-state index in [9.17, 15) is 19.2 Å². The van der Waals surface area contributed by atoms with E-state index in [0.717, 1.165) is 98.7 Å². The van der Waals surface area contributed by atoms with Gasteiger partial charge in [0.1, 0.15) is 23.7 Å². The zero-order chi connectivity index (χ0) is 58.5. The van der Waals surface area contributed by atoms with Crippen LogP contribution in [0.1, 0.15) is 99.4 Å². The quantitative estimate of drug-likeness (QED) is 0.0650. The lowest BCUT2D eigenvalue weighted by Gasteiger charge is -2.37. The third kappa shape index (κ3) is 11.0. The minimum Gasteiger partial charge on any atom is -0.453 e. The zero-order valence-corrected chi connectivity index (χ0v) is 48.3. The molecule has 2 aliphatic heterocycles. The molecule has 3 aromatic heterocycles. The number of imidazole rings is 2. The Morgan fingerprint density at radius 1 is 0.488 bits per heavy atom. The molecule has 0 unspecified atom stereocenters. The minimum atomic E-state index is -0.725. The summed E-state index contributed by atoms with van der Waals surface area (Å²) in [6.45, 7) is 8.77. The summed E-state index contributed by atoms with van der Waals surface area (Å²) >= 11 is 0. The molecule has 9 aromatic rings. The van der Waals surface area contributed by atoms with E-state index in [-0.39, 0.29) is 35.7 Å². The zero-order valence-electron chi connectivity index (χ0n) is 48.3. The number of methoxy groups -OCH3 is 2. The number of ether oxygens (including phenoxy) is 2. The van der Waals surface area contributed by atoms with Crippen molar-refractivity contribution in [1.29, 1.82) is 0 Å². The molecule has 0 spiro atoms. The average Bonchev–Trinajstić information content (AvgIpc) is 1.80. The molecule has 84 heavy (non-hydrogen) atoms. The number of rotatable bonds is 17. The standard InChI is InChI=1S/C69H71N9O6/c1-44(2)61(74-67(81)83-5)65(79)76-40-16-24-59(76)63-70-42-55(72-63)46-26-30-48(31-27-46)57-38-39-58(49-32-28-47(29-33-49)56-43-71-64(73-56)60-25-17-41-77(60)66(80)62(45(3)4)75-68(82)84-6)78(57)54-36-34-53(35-37-54)69(50-18-10-7-11-19-50,51-20-12-8-13-21-51)52-22-14-9-15-23-52/h7-15,18-23,26-39,42-45,59-62H,16-17,24-25,40-41H2,1-6H3,(H,70,72)(H,71,73)(H,74,81)(H,75,82)/t59-,60-,61-,62-/m0/s1. The molecule has 2 saturated heterocycles. The number of amides is 4. The van der Waals surface area contributed by atoms with Crippen molar-refractivity contribution in [2.75, 3.05) is 27.3 Å². The molecule has 4 amide bonds. The van der Waals surface area contributed by atoms with Gasteiger partial charge in [-0.2, -0.15) is 0 Å². The summed E-state index contributed by atoms with van der Waals surface area (Å²) in [7, 11) is 2.59. The number of nitrogens with one attached hydrogen (secondary N) is 4. The second-order valence-electron chi connectivity index (χ2n) is 22.4. The Morgan fingerprint density at radius 2 is 0.845 bits per heavy atom. The lowest BCUT2D eigenvalue weighted by Crippen LogP contribution is -2.51. The van der Waals surface area contributed by atoms with Gasteiger partial charge in [0.05, 0.1) is 54.5 Å². The lowest BCUT2D eigenvalue weighted by atomic mass is 9.65.